The molecule has 0 saturated heterocycles. The zero-order chi connectivity index (χ0) is 19.3. The molecule has 28 heavy (non-hydrogen) atoms. The van der Waals surface area contributed by atoms with E-state index in [4.69, 9.17) is 4.42 Å². The van der Waals surface area contributed by atoms with Crippen LogP contribution in [0.3, 0.4) is 0 Å². The number of carbonyl (C=O) groups excluding carboxylic acids is 1. The molecule has 5 nitrogen and oxygen atoms in total. The van der Waals surface area contributed by atoms with Gasteiger partial charge in [-0.05, 0) is 87.5 Å². The lowest BCUT2D eigenvalue weighted by Crippen LogP contribution is -2.60. The number of aromatic nitrogens is 2. The van der Waals surface area contributed by atoms with Crippen molar-refractivity contribution in [1.29, 1.82) is 0 Å². The van der Waals surface area contributed by atoms with Gasteiger partial charge in [-0.1, -0.05) is 11.8 Å². The van der Waals surface area contributed by atoms with Crippen LogP contribution in [0.25, 0.3) is 11.5 Å². The van der Waals surface area contributed by atoms with Gasteiger partial charge >= 0.3 is 0 Å². The first-order chi connectivity index (χ1) is 13.5. The standard InChI is InChI=1S/C21H24FN3O2S/c1-12(28-20-25-24-19(27-20)16-2-4-17(22)5-3-16)18(26)23-21-9-13-6-14(10-21)8-15(7-13)11-21/h2-5,12-15H,6-11H2,1H3,(H,23,26)/t12-,13?,14?,15?,21?/m0/s1. The van der Waals surface area contributed by atoms with E-state index in [0.29, 0.717) is 16.7 Å². The highest BCUT2D eigenvalue weighted by molar-refractivity contribution is 8.00. The van der Waals surface area contributed by atoms with E-state index in [1.54, 1.807) is 12.1 Å². The molecular formula is C21H24FN3O2S. The maximum absolute atomic E-state index is 13.1. The van der Waals surface area contributed by atoms with Gasteiger partial charge in [0.15, 0.2) is 0 Å². The van der Waals surface area contributed by atoms with Gasteiger partial charge in [0.1, 0.15) is 5.82 Å². The second-order valence-corrected chi connectivity index (χ2v) is 10.1. The number of nitrogens with zero attached hydrogens (tertiary/aromatic N) is 2. The SMILES string of the molecule is C[C@H](Sc1nnc(-c2ccc(F)cc2)o1)C(=O)NC12CC3CC(CC(C3)C1)C2. The summed E-state index contributed by atoms with van der Waals surface area (Å²) in [5.74, 6) is 2.45. The number of nitrogens with one attached hydrogen (secondary N) is 1. The van der Waals surface area contributed by atoms with Gasteiger partial charge in [0.25, 0.3) is 5.22 Å². The third kappa shape index (κ3) is 3.45. The van der Waals surface area contributed by atoms with Crippen LogP contribution in [-0.2, 0) is 4.79 Å². The summed E-state index contributed by atoms with van der Waals surface area (Å²) >= 11 is 1.27. The summed E-state index contributed by atoms with van der Waals surface area (Å²) in [4.78, 5) is 12.9. The summed E-state index contributed by atoms with van der Waals surface area (Å²) in [5, 5.41) is 11.5. The molecule has 6 rings (SSSR count). The minimum absolute atomic E-state index is 0.00870. The molecule has 148 valence electrons. The van der Waals surface area contributed by atoms with Crippen molar-refractivity contribution < 1.29 is 13.6 Å². The van der Waals surface area contributed by atoms with Gasteiger partial charge in [-0.2, -0.15) is 0 Å². The molecule has 1 N–H and O–H groups in total. The van der Waals surface area contributed by atoms with E-state index in [1.807, 2.05) is 6.92 Å². The molecule has 7 heteroatoms. The molecule has 4 saturated carbocycles. The van der Waals surface area contributed by atoms with Crippen molar-refractivity contribution in [2.24, 2.45) is 17.8 Å². The molecule has 1 atom stereocenters. The molecule has 1 amide bonds. The molecule has 2 aromatic rings. The average Bonchev–Trinajstić information content (AvgIpc) is 3.09. The van der Waals surface area contributed by atoms with Crippen LogP contribution in [0.2, 0.25) is 0 Å². The van der Waals surface area contributed by atoms with Crippen LogP contribution in [0.1, 0.15) is 45.4 Å². The fraction of sp³-hybridized carbons (Fsp3) is 0.571. The second kappa shape index (κ2) is 6.87. The van der Waals surface area contributed by atoms with Crippen molar-refractivity contribution in [2.75, 3.05) is 0 Å². The van der Waals surface area contributed by atoms with Gasteiger partial charge in [0, 0.05) is 11.1 Å². The maximum atomic E-state index is 13.1. The van der Waals surface area contributed by atoms with Crippen LogP contribution < -0.4 is 5.32 Å². The Labute approximate surface area is 167 Å². The van der Waals surface area contributed by atoms with Gasteiger partial charge in [-0.15, -0.1) is 10.2 Å². The van der Waals surface area contributed by atoms with E-state index < -0.39 is 0 Å². The van der Waals surface area contributed by atoms with Crippen molar-refractivity contribution in [1.82, 2.24) is 15.5 Å². The zero-order valence-corrected chi connectivity index (χ0v) is 16.7. The van der Waals surface area contributed by atoms with Crippen molar-refractivity contribution in [3.8, 4) is 11.5 Å². The second-order valence-electron chi connectivity index (χ2n) is 8.83. The van der Waals surface area contributed by atoms with Gasteiger partial charge < -0.3 is 9.73 Å². The van der Waals surface area contributed by atoms with Crippen LogP contribution in [-0.4, -0.2) is 26.9 Å². The van der Waals surface area contributed by atoms with Gasteiger partial charge in [-0.3, -0.25) is 4.79 Å². The lowest BCUT2D eigenvalue weighted by Gasteiger charge is -2.57. The quantitative estimate of drug-likeness (QED) is 0.750. The number of halogens is 1. The molecule has 0 aliphatic heterocycles. The van der Waals surface area contributed by atoms with E-state index in [1.165, 1.54) is 43.2 Å². The van der Waals surface area contributed by atoms with Gasteiger partial charge in [0.2, 0.25) is 11.8 Å². The van der Waals surface area contributed by atoms with Crippen molar-refractivity contribution in [2.45, 2.75) is 61.5 Å². The Balaban J connectivity index is 1.23. The number of benzene rings is 1. The summed E-state index contributed by atoms with van der Waals surface area (Å²) in [5.41, 5.74) is 0.667. The molecule has 0 spiro atoms. The predicted octanol–water partition coefficient (Wildman–Crippen LogP) is 4.44. The summed E-state index contributed by atoms with van der Waals surface area (Å²) in [7, 11) is 0. The molecule has 1 aromatic carbocycles. The summed E-state index contributed by atoms with van der Waals surface area (Å²) in [6, 6.07) is 5.91. The fourth-order valence-electron chi connectivity index (χ4n) is 5.80. The molecule has 0 unspecified atom stereocenters. The summed E-state index contributed by atoms with van der Waals surface area (Å²) in [6.07, 6.45) is 7.47. The van der Waals surface area contributed by atoms with Gasteiger partial charge in [-0.25, -0.2) is 4.39 Å². The third-order valence-electron chi connectivity index (χ3n) is 6.57. The Bertz CT molecular complexity index is 847. The minimum Gasteiger partial charge on any atom is -0.411 e. The van der Waals surface area contributed by atoms with E-state index in [-0.39, 0.29) is 22.5 Å². The van der Waals surface area contributed by atoms with Crippen LogP contribution in [0.5, 0.6) is 0 Å². The normalized spacial score (nSPS) is 31.7. The van der Waals surface area contributed by atoms with Gasteiger partial charge in [0.05, 0.1) is 5.25 Å². The Morgan fingerprint density at radius 1 is 1.14 bits per heavy atom. The van der Waals surface area contributed by atoms with E-state index in [0.717, 1.165) is 37.0 Å². The van der Waals surface area contributed by atoms with Crippen LogP contribution in [0.4, 0.5) is 4.39 Å². The Hall–Kier alpha value is -1.89. The third-order valence-corrected chi connectivity index (χ3v) is 7.51. The lowest BCUT2D eigenvalue weighted by molar-refractivity contribution is -0.126. The van der Waals surface area contributed by atoms with Crippen LogP contribution in [0.15, 0.2) is 33.9 Å². The number of hydrogen-bond donors (Lipinski definition) is 1. The summed E-state index contributed by atoms with van der Waals surface area (Å²) < 4.78 is 18.7. The smallest absolute Gasteiger partial charge is 0.277 e. The van der Waals surface area contributed by atoms with E-state index >= 15 is 0 Å². The number of hydrogen-bond acceptors (Lipinski definition) is 5. The monoisotopic (exact) mass is 401 g/mol. The number of thioether (sulfide) groups is 1. The Morgan fingerprint density at radius 2 is 1.75 bits per heavy atom. The predicted molar refractivity (Wildman–Crippen MR) is 104 cm³/mol. The first-order valence-electron chi connectivity index (χ1n) is 10.1. The Kier molecular flexibility index (Phi) is 4.45. The lowest BCUT2D eigenvalue weighted by atomic mass is 9.53. The topological polar surface area (TPSA) is 68.0 Å². The molecule has 4 aliphatic carbocycles. The van der Waals surface area contributed by atoms with E-state index in [9.17, 15) is 9.18 Å². The number of amides is 1. The first kappa shape index (κ1) is 18.2. The highest BCUT2D eigenvalue weighted by Crippen LogP contribution is 2.55. The van der Waals surface area contributed by atoms with E-state index in [2.05, 4.69) is 15.5 Å². The van der Waals surface area contributed by atoms with Crippen LogP contribution >= 0.6 is 11.8 Å². The highest BCUT2D eigenvalue weighted by Gasteiger charge is 2.51. The first-order valence-corrected chi connectivity index (χ1v) is 10.9. The number of rotatable bonds is 5. The molecule has 1 aromatic heterocycles. The minimum atomic E-state index is -0.312. The van der Waals surface area contributed by atoms with Crippen molar-refractivity contribution in [3.63, 3.8) is 0 Å². The fourth-order valence-corrected chi connectivity index (χ4v) is 6.48. The number of carbonyl (C=O) groups is 1. The van der Waals surface area contributed by atoms with Crippen molar-refractivity contribution in [3.05, 3.63) is 30.1 Å². The summed E-state index contributed by atoms with van der Waals surface area (Å²) in [6.45, 7) is 1.88. The molecule has 4 fully saturated rings. The highest BCUT2D eigenvalue weighted by atomic mass is 32.2. The molecular weight excluding hydrogens is 377 g/mol. The van der Waals surface area contributed by atoms with Crippen LogP contribution in [0, 0.1) is 23.6 Å². The maximum Gasteiger partial charge on any atom is 0.277 e. The Morgan fingerprint density at radius 3 is 2.36 bits per heavy atom. The van der Waals surface area contributed by atoms with Crippen molar-refractivity contribution >= 4 is 17.7 Å². The average molecular weight is 402 g/mol. The molecule has 4 aliphatic rings. The zero-order valence-electron chi connectivity index (χ0n) is 15.9. The molecule has 4 bridgehead atoms. The molecule has 0 radical (unpaired) electrons. The largest absolute Gasteiger partial charge is 0.411 e. The molecule has 1 heterocycles.